The molecule has 4 rings (SSSR count). The minimum absolute atomic E-state index is 0.300. The van der Waals surface area contributed by atoms with Crippen LogP contribution in [0.4, 0.5) is 0 Å². The van der Waals surface area contributed by atoms with Gasteiger partial charge in [0.25, 0.3) is 5.89 Å². The highest BCUT2D eigenvalue weighted by molar-refractivity contribution is 5.70. The SMILES string of the molecule is CCOc1nc(-c2ccccc2)ccc1-c1noc(-c2cc(OC)c(OC)c(OC)c2)n1. The quantitative estimate of drug-likeness (QED) is 0.388. The highest BCUT2D eigenvalue weighted by atomic mass is 16.5. The first-order valence-corrected chi connectivity index (χ1v) is 10.0. The lowest BCUT2D eigenvalue weighted by Crippen LogP contribution is -1.99. The summed E-state index contributed by atoms with van der Waals surface area (Å²) in [5, 5.41) is 4.14. The van der Waals surface area contributed by atoms with Crippen molar-refractivity contribution in [3.63, 3.8) is 0 Å². The van der Waals surface area contributed by atoms with E-state index >= 15 is 0 Å². The van der Waals surface area contributed by atoms with E-state index in [2.05, 4.69) is 15.1 Å². The zero-order chi connectivity index (χ0) is 22.5. The van der Waals surface area contributed by atoms with Gasteiger partial charge in [0.05, 0.1) is 39.2 Å². The van der Waals surface area contributed by atoms with Crippen molar-refractivity contribution in [2.75, 3.05) is 27.9 Å². The molecule has 0 amide bonds. The van der Waals surface area contributed by atoms with E-state index in [1.165, 1.54) is 0 Å². The molecule has 8 heteroatoms. The predicted molar refractivity (Wildman–Crippen MR) is 119 cm³/mol. The number of ether oxygens (including phenoxy) is 4. The molecular formula is C24H23N3O5. The molecule has 0 aliphatic heterocycles. The van der Waals surface area contributed by atoms with Crippen LogP contribution in [0.5, 0.6) is 23.1 Å². The highest BCUT2D eigenvalue weighted by Crippen LogP contribution is 2.41. The molecular weight excluding hydrogens is 410 g/mol. The Morgan fingerprint density at radius 3 is 2.16 bits per heavy atom. The van der Waals surface area contributed by atoms with Gasteiger partial charge in [0.15, 0.2) is 11.5 Å². The van der Waals surface area contributed by atoms with E-state index in [1.807, 2.05) is 49.4 Å². The number of hydrogen-bond acceptors (Lipinski definition) is 8. The van der Waals surface area contributed by atoms with E-state index in [4.69, 9.17) is 23.5 Å². The number of methoxy groups -OCH3 is 3. The lowest BCUT2D eigenvalue weighted by Gasteiger charge is -2.12. The van der Waals surface area contributed by atoms with Crippen LogP contribution in [0.2, 0.25) is 0 Å². The summed E-state index contributed by atoms with van der Waals surface area (Å²) in [4.78, 5) is 9.22. The van der Waals surface area contributed by atoms with Crippen LogP contribution in [-0.4, -0.2) is 43.1 Å². The standard InChI is InChI=1S/C24H23N3O5/c1-5-31-24-17(11-12-18(25-24)15-9-7-6-8-10-15)22-26-23(32-27-22)16-13-19(28-2)21(30-4)20(14-16)29-3/h6-14H,5H2,1-4H3. The molecule has 2 aromatic carbocycles. The Morgan fingerprint density at radius 2 is 1.53 bits per heavy atom. The number of rotatable bonds is 8. The number of benzene rings is 2. The maximum atomic E-state index is 5.78. The fourth-order valence-electron chi connectivity index (χ4n) is 3.28. The van der Waals surface area contributed by atoms with Crippen LogP contribution in [0, 0.1) is 0 Å². The van der Waals surface area contributed by atoms with Gasteiger partial charge < -0.3 is 23.5 Å². The minimum Gasteiger partial charge on any atom is -0.493 e. The molecule has 2 aromatic heterocycles. The van der Waals surface area contributed by atoms with Crippen LogP contribution in [0.1, 0.15) is 6.92 Å². The number of nitrogens with zero attached hydrogens (tertiary/aromatic N) is 3. The van der Waals surface area contributed by atoms with Gasteiger partial charge in [-0.1, -0.05) is 35.5 Å². The molecule has 32 heavy (non-hydrogen) atoms. The summed E-state index contributed by atoms with van der Waals surface area (Å²) in [6, 6.07) is 17.2. The molecule has 0 radical (unpaired) electrons. The van der Waals surface area contributed by atoms with Gasteiger partial charge in [-0.3, -0.25) is 0 Å². The van der Waals surface area contributed by atoms with Crippen LogP contribution in [-0.2, 0) is 0 Å². The summed E-state index contributed by atoms with van der Waals surface area (Å²) < 4.78 is 27.5. The zero-order valence-corrected chi connectivity index (χ0v) is 18.3. The predicted octanol–water partition coefficient (Wildman–Crippen LogP) is 4.89. The molecule has 0 fully saturated rings. The number of hydrogen-bond donors (Lipinski definition) is 0. The molecule has 2 heterocycles. The summed E-state index contributed by atoms with van der Waals surface area (Å²) >= 11 is 0. The van der Waals surface area contributed by atoms with Crippen molar-refractivity contribution in [3.8, 4) is 57.2 Å². The fraction of sp³-hybridized carbons (Fsp3) is 0.208. The van der Waals surface area contributed by atoms with Crippen molar-refractivity contribution in [2.24, 2.45) is 0 Å². The minimum atomic E-state index is 0.300. The second kappa shape index (κ2) is 9.38. The van der Waals surface area contributed by atoms with E-state index in [0.29, 0.717) is 52.6 Å². The molecule has 0 unspecified atom stereocenters. The maximum absolute atomic E-state index is 5.78. The Balaban J connectivity index is 1.74. The molecule has 0 atom stereocenters. The molecule has 164 valence electrons. The van der Waals surface area contributed by atoms with Gasteiger partial charge >= 0.3 is 0 Å². The van der Waals surface area contributed by atoms with Crippen molar-refractivity contribution >= 4 is 0 Å². The molecule has 0 saturated heterocycles. The third kappa shape index (κ3) is 4.07. The van der Waals surface area contributed by atoms with Gasteiger partial charge in [0.2, 0.25) is 17.5 Å². The average Bonchev–Trinajstić information content (AvgIpc) is 3.34. The van der Waals surface area contributed by atoms with Crippen molar-refractivity contribution in [3.05, 3.63) is 54.6 Å². The highest BCUT2D eigenvalue weighted by Gasteiger charge is 2.20. The summed E-state index contributed by atoms with van der Waals surface area (Å²) in [5.41, 5.74) is 3.05. The van der Waals surface area contributed by atoms with Crippen LogP contribution < -0.4 is 18.9 Å². The molecule has 8 nitrogen and oxygen atoms in total. The fourth-order valence-corrected chi connectivity index (χ4v) is 3.28. The first kappa shape index (κ1) is 21.2. The van der Waals surface area contributed by atoms with E-state index in [-0.39, 0.29) is 0 Å². The van der Waals surface area contributed by atoms with E-state index < -0.39 is 0 Å². The van der Waals surface area contributed by atoms with E-state index in [1.54, 1.807) is 33.5 Å². The van der Waals surface area contributed by atoms with E-state index in [0.717, 1.165) is 11.3 Å². The second-order valence-corrected chi connectivity index (χ2v) is 6.69. The van der Waals surface area contributed by atoms with Gasteiger partial charge in [-0.25, -0.2) is 4.98 Å². The van der Waals surface area contributed by atoms with Crippen LogP contribution in [0.3, 0.4) is 0 Å². The molecule has 0 aliphatic rings. The Labute approximate surface area is 185 Å². The Morgan fingerprint density at radius 1 is 0.812 bits per heavy atom. The largest absolute Gasteiger partial charge is 0.493 e. The van der Waals surface area contributed by atoms with Gasteiger partial charge in [-0.15, -0.1) is 0 Å². The Kier molecular flexibility index (Phi) is 6.21. The van der Waals surface area contributed by atoms with E-state index in [9.17, 15) is 0 Å². The summed E-state index contributed by atoms with van der Waals surface area (Å²) in [7, 11) is 4.65. The topological polar surface area (TPSA) is 88.7 Å². The molecule has 4 aromatic rings. The summed E-state index contributed by atoms with van der Waals surface area (Å²) in [6.07, 6.45) is 0. The number of pyridine rings is 1. The normalized spacial score (nSPS) is 10.6. The zero-order valence-electron chi connectivity index (χ0n) is 18.3. The maximum Gasteiger partial charge on any atom is 0.258 e. The molecule has 0 spiro atoms. The van der Waals surface area contributed by atoms with Crippen LogP contribution in [0.25, 0.3) is 34.1 Å². The lowest BCUT2D eigenvalue weighted by atomic mass is 10.1. The third-order valence-corrected chi connectivity index (χ3v) is 4.79. The summed E-state index contributed by atoms with van der Waals surface area (Å²) in [6.45, 7) is 2.36. The smallest absolute Gasteiger partial charge is 0.258 e. The number of aromatic nitrogens is 3. The van der Waals surface area contributed by atoms with Gasteiger partial charge in [0.1, 0.15) is 0 Å². The van der Waals surface area contributed by atoms with Gasteiger partial charge in [-0.05, 0) is 31.2 Å². The van der Waals surface area contributed by atoms with Crippen LogP contribution in [0.15, 0.2) is 59.1 Å². The monoisotopic (exact) mass is 433 g/mol. The molecule has 0 N–H and O–H groups in total. The van der Waals surface area contributed by atoms with Gasteiger partial charge in [-0.2, -0.15) is 4.98 Å². The van der Waals surface area contributed by atoms with Crippen LogP contribution >= 0.6 is 0 Å². The van der Waals surface area contributed by atoms with Crippen molar-refractivity contribution in [1.29, 1.82) is 0 Å². The van der Waals surface area contributed by atoms with Crippen molar-refractivity contribution in [1.82, 2.24) is 15.1 Å². The lowest BCUT2D eigenvalue weighted by molar-refractivity contribution is 0.324. The second-order valence-electron chi connectivity index (χ2n) is 6.69. The van der Waals surface area contributed by atoms with Crippen molar-refractivity contribution in [2.45, 2.75) is 6.92 Å². The Hall–Kier alpha value is -4.07. The average molecular weight is 433 g/mol. The van der Waals surface area contributed by atoms with Gasteiger partial charge in [0, 0.05) is 11.1 Å². The molecule has 0 bridgehead atoms. The molecule has 0 saturated carbocycles. The van der Waals surface area contributed by atoms with Crippen molar-refractivity contribution < 1.29 is 23.5 Å². The summed E-state index contributed by atoms with van der Waals surface area (Å²) in [5.74, 6) is 2.57. The Bertz CT molecular complexity index is 1180. The first-order valence-electron chi connectivity index (χ1n) is 10.0. The first-order chi connectivity index (χ1) is 15.7. The molecule has 0 aliphatic carbocycles. The third-order valence-electron chi connectivity index (χ3n) is 4.79.